The van der Waals surface area contributed by atoms with E-state index in [1.165, 1.54) is 6.26 Å². The van der Waals surface area contributed by atoms with Crippen molar-refractivity contribution < 1.29 is 9.15 Å². The van der Waals surface area contributed by atoms with Crippen LogP contribution in [0.3, 0.4) is 0 Å². The number of ether oxygens (including phenoxy) is 1. The van der Waals surface area contributed by atoms with Crippen molar-refractivity contribution in [3.63, 3.8) is 0 Å². The van der Waals surface area contributed by atoms with Crippen molar-refractivity contribution in [2.24, 2.45) is 0 Å². The maximum atomic E-state index is 12.6. The van der Waals surface area contributed by atoms with E-state index in [0.717, 1.165) is 12.0 Å². The summed E-state index contributed by atoms with van der Waals surface area (Å²) in [4.78, 5) is 12.6. The molecule has 0 radical (unpaired) electrons. The maximum absolute atomic E-state index is 12.6. The Morgan fingerprint density at radius 3 is 2.68 bits per heavy atom. The van der Waals surface area contributed by atoms with E-state index in [0.29, 0.717) is 33.9 Å². The van der Waals surface area contributed by atoms with Crippen LogP contribution in [0.5, 0.6) is 5.75 Å². The lowest BCUT2D eigenvalue weighted by atomic mass is 10.1. The third-order valence-electron chi connectivity index (χ3n) is 3.37. The van der Waals surface area contributed by atoms with Gasteiger partial charge in [-0.05, 0) is 18.1 Å². The molecular weight excluding hydrogens is 300 g/mol. The van der Waals surface area contributed by atoms with Crippen molar-refractivity contribution in [1.82, 2.24) is 0 Å². The van der Waals surface area contributed by atoms with Crippen molar-refractivity contribution in [3.05, 3.63) is 64.0 Å². The van der Waals surface area contributed by atoms with Gasteiger partial charge in [-0.25, -0.2) is 0 Å². The fourth-order valence-electron chi connectivity index (χ4n) is 2.27. The summed E-state index contributed by atoms with van der Waals surface area (Å²) in [6.45, 7) is 2.58. The molecule has 0 saturated heterocycles. The lowest BCUT2D eigenvalue weighted by Gasteiger charge is -2.08. The summed E-state index contributed by atoms with van der Waals surface area (Å²) in [7, 11) is 0. The maximum Gasteiger partial charge on any atom is 0.200 e. The molecule has 3 nitrogen and oxygen atoms in total. The average molecular weight is 315 g/mol. The van der Waals surface area contributed by atoms with Crippen LogP contribution in [-0.4, -0.2) is 6.61 Å². The predicted octanol–water partition coefficient (Wildman–Crippen LogP) is 4.90. The van der Waals surface area contributed by atoms with Crippen LogP contribution in [0.15, 0.2) is 57.9 Å². The summed E-state index contributed by atoms with van der Waals surface area (Å²) in [5, 5.41) is 0.869. The quantitative estimate of drug-likeness (QED) is 0.687. The van der Waals surface area contributed by atoms with Crippen LogP contribution >= 0.6 is 11.6 Å². The Bertz CT molecular complexity index is 853. The molecular formula is C18H15ClO3. The van der Waals surface area contributed by atoms with Gasteiger partial charge >= 0.3 is 0 Å². The molecule has 0 saturated carbocycles. The molecule has 0 atom stereocenters. The highest BCUT2D eigenvalue weighted by Gasteiger charge is 2.12. The highest BCUT2D eigenvalue weighted by Crippen LogP contribution is 2.30. The Morgan fingerprint density at radius 1 is 1.18 bits per heavy atom. The molecule has 112 valence electrons. The molecule has 1 aromatic heterocycles. The van der Waals surface area contributed by atoms with E-state index in [2.05, 4.69) is 0 Å². The van der Waals surface area contributed by atoms with Gasteiger partial charge in [-0.3, -0.25) is 4.79 Å². The first-order valence-electron chi connectivity index (χ1n) is 7.14. The lowest BCUT2D eigenvalue weighted by molar-refractivity contribution is 0.317. The monoisotopic (exact) mass is 314 g/mol. The van der Waals surface area contributed by atoms with Crippen LogP contribution in [0.25, 0.3) is 22.1 Å². The zero-order chi connectivity index (χ0) is 15.5. The molecule has 22 heavy (non-hydrogen) atoms. The first-order valence-corrected chi connectivity index (χ1v) is 7.51. The van der Waals surface area contributed by atoms with Crippen molar-refractivity contribution in [1.29, 1.82) is 0 Å². The molecule has 0 N–H and O–H groups in total. The summed E-state index contributed by atoms with van der Waals surface area (Å²) in [6.07, 6.45) is 2.36. The number of halogens is 1. The van der Waals surface area contributed by atoms with Gasteiger partial charge in [0.25, 0.3) is 0 Å². The number of fused-ring (bicyclic) bond motifs is 1. The van der Waals surface area contributed by atoms with Crippen LogP contribution < -0.4 is 10.2 Å². The Labute approximate surface area is 133 Å². The lowest BCUT2D eigenvalue weighted by Crippen LogP contribution is -2.05. The Hall–Kier alpha value is -2.26. The van der Waals surface area contributed by atoms with E-state index in [1.54, 1.807) is 12.1 Å². The smallest absolute Gasteiger partial charge is 0.200 e. The largest absolute Gasteiger partial charge is 0.492 e. The molecule has 0 aliphatic rings. The fourth-order valence-corrected chi connectivity index (χ4v) is 2.49. The van der Waals surface area contributed by atoms with Gasteiger partial charge in [-0.15, -0.1) is 0 Å². The molecule has 0 spiro atoms. The summed E-state index contributed by atoms with van der Waals surface area (Å²) in [5.74, 6) is 0.534. The molecule has 1 heterocycles. The van der Waals surface area contributed by atoms with Crippen LogP contribution in [0.4, 0.5) is 0 Å². The third kappa shape index (κ3) is 2.72. The second-order valence-corrected chi connectivity index (χ2v) is 5.38. The second kappa shape index (κ2) is 6.24. The van der Waals surface area contributed by atoms with E-state index in [4.69, 9.17) is 20.8 Å². The number of hydrogen-bond donors (Lipinski definition) is 0. The highest BCUT2D eigenvalue weighted by molar-refractivity contribution is 6.32. The number of rotatable bonds is 4. The van der Waals surface area contributed by atoms with E-state index in [-0.39, 0.29) is 5.43 Å². The number of hydrogen-bond acceptors (Lipinski definition) is 3. The summed E-state index contributed by atoms with van der Waals surface area (Å²) in [5.41, 5.74) is 1.71. The van der Waals surface area contributed by atoms with E-state index < -0.39 is 0 Å². The van der Waals surface area contributed by atoms with Crippen LogP contribution in [0, 0.1) is 0 Å². The Morgan fingerprint density at radius 2 is 1.95 bits per heavy atom. The van der Waals surface area contributed by atoms with Gasteiger partial charge in [-0.2, -0.15) is 0 Å². The van der Waals surface area contributed by atoms with Crippen molar-refractivity contribution >= 4 is 22.6 Å². The molecule has 0 fully saturated rings. The topological polar surface area (TPSA) is 39.4 Å². The van der Waals surface area contributed by atoms with Gasteiger partial charge in [0.15, 0.2) is 0 Å². The highest BCUT2D eigenvalue weighted by atomic mass is 35.5. The molecule has 3 aromatic rings. The summed E-state index contributed by atoms with van der Waals surface area (Å²) >= 11 is 6.20. The molecule has 0 amide bonds. The minimum atomic E-state index is -0.101. The first-order chi connectivity index (χ1) is 10.7. The summed E-state index contributed by atoms with van der Waals surface area (Å²) in [6, 6.07) is 12.7. The molecule has 2 aromatic carbocycles. The van der Waals surface area contributed by atoms with Crippen LogP contribution in [-0.2, 0) is 0 Å². The van der Waals surface area contributed by atoms with Crippen LogP contribution in [0.2, 0.25) is 5.02 Å². The normalized spacial score (nSPS) is 10.8. The van der Waals surface area contributed by atoms with Gasteiger partial charge in [0, 0.05) is 6.07 Å². The SMILES string of the molecule is CCCOc1cc2occ(-c3ccccc3)c(=O)c2cc1Cl. The predicted molar refractivity (Wildman–Crippen MR) is 88.7 cm³/mol. The Kier molecular flexibility index (Phi) is 4.16. The van der Waals surface area contributed by atoms with Gasteiger partial charge in [0.05, 0.1) is 22.6 Å². The van der Waals surface area contributed by atoms with Crippen molar-refractivity contribution in [2.75, 3.05) is 6.61 Å². The molecule has 0 bridgehead atoms. The molecule has 4 heteroatoms. The minimum Gasteiger partial charge on any atom is -0.492 e. The summed E-state index contributed by atoms with van der Waals surface area (Å²) < 4.78 is 11.2. The van der Waals surface area contributed by atoms with Gasteiger partial charge in [0.1, 0.15) is 17.6 Å². The third-order valence-corrected chi connectivity index (χ3v) is 3.67. The van der Waals surface area contributed by atoms with Crippen LogP contribution in [0.1, 0.15) is 13.3 Å². The van der Waals surface area contributed by atoms with Gasteiger partial charge in [0.2, 0.25) is 5.43 Å². The average Bonchev–Trinajstić information content (AvgIpc) is 2.55. The number of benzene rings is 2. The molecule has 0 aliphatic carbocycles. The molecule has 0 aliphatic heterocycles. The van der Waals surface area contributed by atoms with Gasteiger partial charge in [-0.1, -0.05) is 48.9 Å². The minimum absolute atomic E-state index is 0.101. The van der Waals surface area contributed by atoms with E-state index in [1.807, 2.05) is 37.3 Å². The zero-order valence-corrected chi connectivity index (χ0v) is 12.9. The van der Waals surface area contributed by atoms with Gasteiger partial charge < -0.3 is 9.15 Å². The fraction of sp³-hybridized carbons (Fsp3) is 0.167. The molecule has 0 unspecified atom stereocenters. The molecule has 3 rings (SSSR count). The van der Waals surface area contributed by atoms with Crippen molar-refractivity contribution in [3.8, 4) is 16.9 Å². The second-order valence-electron chi connectivity index (χ2n) is 4.97. The standard InChI is InChI=1S/C18H15ClO3/c1-2-8-21-17-10-16-13(9-15(17)19)18(20)14(11-22-16)12-6-4-3-5-7-12/h3-7,9-11H,2,8H2,1H3. The first kappa shape index (κ1) is 14.7. The van der Waals surface area contributed by atoms with E-state index >= 15 is 0 Å². The van der Waals surface area contributed by atoms with E-state index in [9.17, 15) is 4.79 Å². The zero-order valence-electron chi connectivity index (χ0n) is 12.1. The van der Waals surface area contributed by atoms with Crippen molar-refractivity contribution in [2.45, 2.75) is 13.3 Å². The Balaban J connectivity index is 2.14.